The number of aliphatic hydroxyl groups excluding tert-OH is 5. The van der Waals surface area contributed by atoms with E-state index in [1.54, 1.807) is 6.08 Å². The number of rotatable bonds is 64. The summed E-state index contributed by atoms with van der Waals surface area (Å²) in [5, 5.41) is 57.3. The SMILES string of the molecule is CC/C=C\C/C=C\C/C=C\C/C=C\C/C=C\C/C=C\CCCCCC(O)C(=O)NC(COC1OC(CO)C(O)C(O)C1OC(=O)CCCCCCCCCCCCCCCCCCCCCCCCCCC)C(O)/C=C/CCCCCCCCCCCCC. The van der Waals surface area contributed by atoms with Crippen molar-refractivity contribution in [2.75, 3.05) is 13.2 Å². The van der Waals surface area contributed by atoms with Crippen LogP contribution in [0.1, 0.15) is 335 Å². The summed E-state index contributed by atoms with van der Waals surface area (Å²) in [5.41, 5.74) is 0. The lowest BCUT2D eigenvalue weighted by molar-refractivity contribution is -0.305. The average Bonchev–Trinajstić information content (AvgIpc) is 3.11. The molecular weight excluding hydrogens is 1110 g/mol. The zero-order chi connectivity index (χ0) is 64.6. The van der Waals surface area contributed by atoms with E-state index in [1.807, 2.05) is 6.08 Å². The summed E-state index contributed by atoms with van der Waals surface area (Å²) in [7, 11) is 0. The molecule has 11 nitrogen and oxygen atoms in total. The Morgan fingerprint density at radius 1 is 0.449 bits per heavy atom. The first kappa shape index (κ1) is 83.9. The minimum Gasteiger partial charge on any atom is -0.454 e. The van der Waals surface area contributed by atoms with E-state index in [2.05, 4.69) is 99.0 Å². The van der Waals surface area contributed by atoms with E-state index in [0.717, 1.165) is 96.3 Å². The molecule has 8 atom stereocenters. The standard InChI is InChI=1S/C78H139NO10/c1-4-7-10-13-16-19-22-25-27-29-31-33-35-36-37-39-41-43-45-48-51-54-57-60-63-66-73(83)89-76-75(85)74(84)72(67-80)88-78(76)87-68-69(70(81)64-61-58-55-52-49-46-24-21-18-15-12-9-6-3)79-77(86)71(82)65-62-59-56-53-50-47-44-42-40-38-34-32-30-28-26-23-20-17-14-11-8-5-2/h8,11,17,20,26,28,32,34,40,42,47,50,61,64,69-72,74-76,78,80-82,84-85H,4-7,9-10,12-16,18-19,21-25,27,29-31,33,35-39,41,43-46,48-49,51-60,62-63,65-68H2,1-3H3,(H,79,86)/b11-8-,20-17-,28-26-,34-32-,42-40-,50-47-,64-61+. The van der Waals surface area contributed by atoms with Gasteiger partial charge in [-0.25, -0.2) is 0 Å². The van der Waals surface area contributed by atoms with Gasteiger partial charge >= 0.3 is 5.97 Å². The molecule has 1 heterocycles. The Bertz CT molecular complexity index is 1780. The molecule has 1 aliphatic heterocycles. The van der Waals surface area contributed by atoms with Crippen LogP contribution in [0.5, 0.6) is 0 Å². The van der Waals surface area contributed by atoms with Gasteiger partial charge in [-0.3, -0.25) is 9.59 Å². The first-order valence-electron chi connectivity index (χ1n) is 37.4. The highest BCUT2D eigenvalue weighted by atomic mass is 16.7. The average molecular weight is 1250 g/mol. The molecular formula is C78H139NO10. The van der Waals surface area contributed by atoms with Crippen LogP contribution in [0, 0.1) is 0 Å². The fourth-order valence-corrected chi connectivity index (χ4v) is 11.5. The number of hydrogen-bond acceptors (Lipinski definition) is 10. The Morgan fingerprint density at radius 3 is 1.21 bits per heavy atom. The van der Waals surface area contributed by atoms with Crippen molar-refractivity contribution in [3.63, 3.8) is 0 Å². The van der Waals surface area contributed by atoms with Crippen molar-refractivity contribution >= 4 is 11.9 Å². The molecule has 0 aromatic carbocycles. The molecule has 1 rings (SSSR count). The zero-order valence-corrected chi connectivity index (χ0v) is 57.5. The maximum Gasteiger partial charge on any atom is 0.306 e. The molecule has 8 unspecified atom stereocenters. The molecule has 1 aliphatic rings. The number of aliphatic hydroxyl groups is 5. The summed E-state index contributed by atoms with van der Waals surface area (Å²) in [4.78, 5) is 26.7. The van der Waals surface area contributed by atoms with Crippen molar-refractivity contribution in [3.05, 3.63) is 85.1 Å². The van der Waals surface area contributed by atoms with Crippen LogP contribution in [-0.4, -0.2) is 99.6 Å². The fourth-order valence-electron chi connectivity index (χ4n) is 11.5. The molecule has 1 amide bonds. The van der Waals surface area contributed by atoms with Gasteiger partial charge in [0.05, 0.1) is 25.4 Å². The largest absolute Gasteiger partial charge is 0.454 e. The number of allylic oxidation sites excluding steroid dienone is 13. The Kier molecular flexibility index (Phi) is 61.2. The second-order valence-corrected chi connectivity index (χ2v) is 25.7. The quantitative estimate of drug-likeness (QED) is 0.0195. The topological polar surface area (TPSA) is 175 Å². The smallest absolute Gasteiger partial charge is 0.306 e. The van der Waals surface area contributed by atoms with Gasteiger partial charge in [0, 0.05) is 6.42 Å². The number of carbonyl (C=O) groups excluding carboxylic acids is 2. The molecule has 0 radical (unpaired) electrons. The van der Waals surface area contributed by atoms with Crippen LogP contribution in [0.4, 0.5) is 0 Å². The number of unbranched alkanes of at least 4 members (excludes halogenated alkanes) is 38. The molecule has 0 aliphatic carbocycles. The maximum absolute atomic E-state index is 13.5. The number of nitrogens with one attached hydrogen (secondary N) is 1. The molecule has 89 heavy (non-hydrogen) atoms. The van der Waals surface area contributed by atoms with Gasteiger partial charge in [-0.15, -0.1) is 0 Å². The predicted molar refractivity (Wildman–Crippen MR) is 375 cm³/mol. The van der Waals surface area contributed by atoms with Gasteiger partial charge in [0.1, 0.15) is 24.4 Å². The van der Waals surface area contributed by atoms with Crippen molar-refractivity contribution in [3.8, 4) is 0 Å². The fraction of sp³-hybridized carbons (Fsp3) is 0.795. The summed E-state index contributed by atoms with van der Waals surface area (Å²) in [6.07, 6.45) is 76.3. The molecule has 516 valence electrons. The third kappa shape index (κ3) is 52.0. The monoisotopic (exact) mass is 1250 g/mol. The third-order valence-electron chi connectivity index (χ3n) is 17.3. The summed E-state index contributed by atoms with van der Waals surface area (Å²) >= 11 is 0. The van der Waals surface area contributed by atoms with Gasteiger partial charge in [0.25, 0.3) is 0 Å². The number of hydrogen-bond donors (Lipinski definition) is 6. The van der Waals surface area contributed by atoms with Gasteiger partial charge in [-0.2, -0.15) is 0 Å². The molecule has 0 saturated carbocycles. The van der Waals surface area contributed by atoms with Crippen molar-refractivity contribution in [2.24, 2.45) is 0 Å². The number of carbonyl (C=O) groups is 2. The summed E-state index contributed by atoms with van der Waals surface area (Å²) < 4.78 is 17.7. The van der Waals surface area contributed by atoms with Crippen LogP contribution in [0.2, 0.25) is 0 Å². The highest BCUT2D eigenvalue weighted by Crippen LogP contribution is 2.26. The number of esters is 1. The Labute approximate surface area is 546 Å². The van der Waals surface area contributed by atoms with Crippen LogP contribution >= 0.6 is 0 Å². The van der Waals surface area contributed by atoms with Gasteiger partial charge in [-0.1, -0.05) is 337 Å². The summed E-state index contributed by atoms with van der Waals surface area (Å²) in [6.45, 7) is 5.71. The van der Waals surface area contributed by atoms with Crippen molar-refractivity contribution in [2.45, 2.75) is 384 Å². The van der Waals surface area contributed by atoms with Gasteiger partial charge < -0.3 is 45.1 Å². The van der Waals surface area contributed by atoms with Crippen molar-refractivity contribution in [1.29, 1.82) is 0 Å². The lowest BCUT2D eigenvalue weighted by Crippen LogP contribution is -2.61. The van der Waals surface area contributed by atoms with Crippen LogP contribution in [0.25, 0.3) is 0 Å². The first-order valence-corrected chi connectivity index (χ1v) is 37.4. The number of amides is 1. The Balaban J connectivity index is 2.58. The van der Waals surface area contributed by atoms with Crippen LogP contribution in [-0.2, 0) is 23.8 Å². The first-order chi connectivity index (χ1) is 43.7. The molecule has 0 spiro atoms. The van der Waals surface area contributed by atoms with E-state index in [1.165, 1.54) is 193 Å². The van der Waals surface area contributed by atoms with Crippen molar-refractivity contribution in [1.82, 2.24) is 5.32 Å². The molecule has 0 aromatic heterocycles. The normalized spacial score (nSPS) is 18.6. The van der Waals surface area contributed by atoms with E-state index < -0.39 is 67.4 Å². The lowest BCUT2D eigenvalue weighted by atomic mass is 9.99. The highest BCUT2D eigenvalue weighted by molar-refractivity contribution is 5.80. The Morgan fingerprint density at radius 2 is 0.809 bits per heavy atom. The zero-order valence-electron chi connectivity index (χ0n) is 57.5. The minimum absolute atomic E-state index is 0.122. The van der Waals surface area contributed by atoms with E-state index >= 15 is 0 Å². The van der Waals surface area contributed by atoms with Gasteiger partial charge in [0.2, 0.25) is 5.91 Å². The molecule has 1 saturated heterocycles. The van der Waals surface area contributed by atoms with E-state index in [-0.39, 0.29) is 19.4 Å². The molecule has 1 fully saturated rings. The molecule has 6 N–H and O–H groups in total. The van der Waals surface area contributed by atoms with Gasteiger partial charge in [-0.05, 0) is 77.0 Å². The molecule has 11 heteroatoms. The van der Waals surface area contributed by atoms with E-state index in [0.29, 0.717) is 12.8 Å². The lowest BCUT2D eigenvalue weighted by Gasteiger charge is -2.41. The van der Waals surface area contributed by atoms with Crippen LogP contribution < -0.4 is 5.32 Å². The number of ether oxygens (including phenoxy) is 3. The maximum atomic E-state index is 13.5. The van der Waals surface area contributed by atoms with Crippen LogP contribution in [0.3, 0.4) is 0 Å². The van der Waals surface area contributed by atoms with Crippen molar-refractivity contribution < 1.29 is 49.3 Å². The van der Waals surface area contributed by atoms with Gasteiger partial charge in [0.15, 0.2) is 12.4 Å². The highest BCUT2D eigenvalue weighted by Gasteiger charge is 2.47. The van der Waals surface area contributed by atoms with Crippen LogP contribution in [0.15, 0.2) is 85.1 Å². The third-order valence-corrected chi connectivity index (χ3v) is 17.3. The molecule has 0 bridgehead atoms. The minimum atomic E-state index is -1.62. The summed E-state index contributed by atoms with van der Waals surface area (Å²) in [6, 6.07) is -1.04. The predicted octanol–water partition coefficient (Wildman–Crippen LogP) is 19.6. The Hall–Kier alpha value is -3.16. The summed E-state index contributed by atoms with van der Waals surface area (Å²) in [5.74, 6) is -1.21. The molecule has 0 aromatic rings. The van der Waals surface area contributed by atoms with E-state index in [9.17, 15) is 35.1 Å². The van der Waals surface area contributed by atoms with E-state index in [4.69, 9.17) is 14.2 Å². The second kappa shape index (κ2) is 64.9. The second-order valence-electron chi connectivity index (χ2n) is 25.7.